The number of aromatic nitrogens is 1. The molecule has 0 aliphatic heterocycles. The SMILES string of the molecule is C#Cc1sc(N(C)C)nc1OC. The molecule has 1 aromatic rings. The predicted molar refractivity (Wildman–Crippen MR) is 50.9 cm³/mol. The van der Waals surface area contributed by atoms with Gasteiger partial charge in [-0.05, 0) is 0 Å². The number of hydrogen-bond acceptors (Lipinski definition) is 4. The first-order valence-corrected chi connectivity index (χ1v) is 4.19. The Kier molecular flexibility index (Phi) is 2.56. The van der Waals surface area contributed by atoms with E-state index < -0.39 is 0 Å². The fourth-order valence-electron chi connectivity index (χ4n) is 0.716. The Morgan fingerprint density at radius 1 is 1.58 bits per heavy atom. The van der Waals surface area contributed by atoms with E-state index in [-0.39, 0.29) is 0 Å². The molecular weight excluding hydrogens is 172 g/mol. The van der Waals surface area contributed by atoms with E-state index in [0.29, 0.717) is 5.88 Å². The second-order valence-corrected chi connectivity index (χ2v) is 3.35. The van der Waals surface area contributed by atoms with Gasteiger partial charge in [0.1, 0.15) is 4.88 Å². The van der Waals surface area contributed by atoms with Crippen LogP contribution in [-0.4, -0.2) is 26.2 Å². The molecule has 0 unspecified atom stereocenters. The summed E-state index contributed by atoms with van der Waals surface area (Å²) in [6.07, 6.45) is 5.26. The summed E-state index contributed by atoms with van der Waals surface area (Å²) in [5.41, 5.74) is 0. The predicted octanol–water partition coefficient (Wildman–Crippen LogP) is 1.20. The number of anilines is 1. The Balaban J connectivity index is 3.07. The third-order valence-corrected chi connectivity index (χ3v) is 2.43. The van der Waals surface area contributed by atoms with Crippen LogP contribution in [0.5, 0.6) is 5.88 Å². The van der Waals surface area contributed by atoms with E-state index >= 15 is 0 Å². The Hall–Kier alpha value is -1.21. The molecule has 1 rings (SSSR count). The summed E-state index contributed by atoms with van der Waals surface area (Å²) in [5, 5.41) is 0.861. The summed E-state index contributed by atoms with van der Waals surface area (Å²) in [5.74, 6) is 3.06. The molecular formula is C8H10N2OS. The van der Waals surface area contributed by atoms with Crippen LogP contribution in [0.2, 0.25) is 0 Å². The smallest absolute Gasteiger partial charge is 0.242 e. The molecule has 0 saturated carbocycles. The van der Waals surface area contributed by atoms with E-state index in [4.69, 9.17) is 11.2 Å². The average Bonchev–Trinajstić information content (AvgIpc) is 2.46. The van der Waals surface area contributed by atoms with Gasteiger partial charge in [0.2, 0.25) is 5.88 Å². The maximum Gasteiger partial charge on any atom is 0.242 e. The van der Waals surface area contributed by atoms with Crippen LogP contribution in [0.25, 0.3) is 0 Å². The van der Waals surface area contributed by atoms with Crippen molar-refractivity contribution in [3.05, 3.63) is 4.88 Å². The largest absolute Gasteiger partial charge is 0.479 e. The highest BCUT2D eigenvalue weighted by atomic mass is 32.1. The highest BCUT2D eigenvalue weighted by Gasteiger charge is 2.10. The number of terminal acetylenes is 1. The fraction of sp³-hybridized carbons (Fsp3) is 0.375. The van der Waals surface area contributed by atoms with E-state index in [1.54, 1.807) is 7.11 Å². The maximum atomic E-state index is 5.26. The summed E-state index contributed by atoms with van der Waals surface area (Å²) in [6.45, 7) is 0. The molecule has 0 aliphatic carbocycles. The zero-order chi connectivity index (χ0) is 9.14. The van der Waals surface area contributed by atoms with Crippen molar-refractivity contribution in [1.29, 1.82) is 0 Å². The summed E-state index contributed by atoms with van der Waals surface area (Å²) in [6, 6.07) is 0. The lowest BCUT2D eigenvalue weighted by molar-refractivity contribution is 0.400. The van der Waals surface area contributed by atoms with Crippen molar-refractivity contribution in [3.63, 3.8) is 0 Å². The lowest BCUT2D eigenvalue weighted by Gasteiger charge is -2.04. The minimum Gasteiger partial charge on any atom is -0.479 e. The van der Waals surface area contributed by atoms with Gasteiger partial charge in [-0.25, -0.2) is 0 Å². The van der Waals surface area contributed by atoms with E-state index in [0.717, 1.165) is 10.0 Å². The molecule has 0 radical (unpaired) electrons. The van der Waals surface area contributed by atoms with E-state index in [1.807, 2.05) is 19.0 Å². The molecule has 0 aromatic carbocycles. The molecule has 64 valence electrons. The lowest BCUT2D eigenvalue weighted by Crippen LogP contribution is -2.07. The number of rotatable bonds is 2. The zero-order valence-electron chi connectivity index (χ0n) is 7.29. The number of hydrogen-bond donors (Lipinski definition) is 0. The third kappa shape index (κ3) is 1.51. The van der Waals surface area contributed by atoms with E-state index in [2.05, 4.69) is 10.9 Å². The van der Waals surface area contributed by atoms with Gasteiger partial charge in [0.15, 0.2) is 5.13 Å². The van der Waals surface area contributed by atoms with Crippen LogP contribution in [0, 0.1) is 12.3 Å². The zero-order valence-corrected chi connectivity index (χ0v) is 8.10. The second-order valence-electron chi connectivity index (χ2n) is 2.37. The van der Waals surface area contributed by atoms with Gasteiger partial charge in [-0.1, -0.05) is 17.3 Å². The number of thiazole rings is 1. The molecule has 0 amide bonds. The average molecular weight is 182 g/mol. The van der Waals surface area contributed by atoms with Crippen molar-refractivity contribution < 1.29 is 4.74 Å². The van der Waals surface area contributed by atoms with Crippen LogP contribution in [0.4, 0.5) is 5.13 Å². The van der Waals surface area contributed by atoms with Gasteiger partial charge < -0.3 is 9.64 Å². The minimum absolute atomic E-state index is 0.534. The van der Waals surface area contributed by atoms with Gasteiger partial charge in [-0.15, -0.1) is 6.42 Å². The molecule has 12 heavy (non-hydrogen) atoms. The van der Waals surface area contributed by atoms with Gasteiger partial charge in [0, 0.05) is 14.1 Å². The van der Waals surface area contributed by atoms with Crippen LogP contribution in [-0.2, 0) is 0 Å². The fourth-order valence-corrected chi connectivity index (χ4v) is 1.49. The number of nitrogens with zero attached hydrogens (tertiary/aromatic N) is 2. The molecule has 1 heterocycles. The molecule has 0 N–H and O–H groups in total. The Labute approximate surface area is 76.0 Å². The number of ether oxygens (including phenoxy) is 1. The van der Waals surface area contributed by atoms with Gasteiger partial charge in [-0.2, -0.15) is 4.98 Å². The van der Waals surface area contributed by atoms with Gasteiger partial charge in [0.05, 0.1) is 7.11 Å². The summed E-state index contributed by atoms with van der Waals surface area (Å²) in [7, 11) is 5.40. The molecule has 1 aromatic heterocycles. The third-order valence-electron chi connectivity index (χ3n) is 1.29. The first-order chi connectivity index (χ1) is 5.69. The summed E-state index contributed by atoms with van der Waals surface area (Å²) >= 11 is 1.45. The Morgan fingerprint density at radius 3 is 2.58 bits per heavy atom. The van der Waals surface area contributed by atoms with Crippen molar-refractivity contribution in [3.8, 4) is 18.2 Å². The molecule has 0 aliphatic rings. The van der Waals surface area contributed by atoms with Gasteiger partial charge >= 0.3 is 0 Å². The van der Waals surface area contributed by atoms with E-state index in [9.17, 15) is 0 Å². The highest BCUT2D eigenvalue weighted by Crippen LogP contribution is 2.28. The summed E-state index contributed by atoms with van der Waals surface area (Å²) < 4.78 is 5.00. The van der Waals surface area contributed by atoms with Crippen molar-refractivity contribution in [2.24, 2.45) is 0 Å². The van der Waals surface area contributed by atoms with Crippen molar-refractivity contribution >= 4 is 16.5 Å². The van der Waals surface area contributed by atoms with Crippen molar-refractivity contribution in [2.45, 2.75) is 0 Å². The normalized spacial score (nSPS) is 9.17. The van der Waals surface area contributed by atoms with Crippen LogP contribution < -0.4 is 9.64 Å². The molecule has 0 atom stereocenters. The summed E-state index contributed by atoms with van der Waals surface area (Å²) in [4.78, 5) is 6.81. The van der Waals surface area contributed by atoms with Crippen LogP contribution in [0.15, 0.2) is 0 Å². The first-order valence-electron chi connectivity index (χ1n) is 3.37. The van der Waals surface area contributed by atoms with Crippen LogP contribution in [0.1, 0.15) is 4.88 Å². The molecule has 0 fully saturated rings. The second kappa shape index (κ2) is 3.46. The van der Waals surface area contributed by atoms with Crippen molar-refractivity contribution in [1.82, 2.24) is 4.98 Å². The Bertz CT molecular complexity index is 311. The molecule has 0 spiro atoms. The van der Waals surface area contributed by atoms with Gasteiger partial charge in [-0.3, -0.25) is 0 Å². The lowest BCUT2D eigenvalue weighted by atomic mass is 10.5. The van der Waals surface area contributed by atoms with Crippen LogP contribution in [0.3, 0.4) is 0 Å². The molecule has 0 saturated heterocycles. The van der Waals surface area contributed by atoms with E-state index in [1.165, 1.54) is 11.3 Å². The quantitative estimate of drug-likeness (QED) is 0.643. The minimum atomic E-state index is 0.534. The maximum absolute atomic E-state index is 5.26. The molecule has 3 nitrogen and oxygen atoms in total. The highest BCUT2D eigenvalue weighted by molar-refractivity contribution is 7.16. The first kappa shape index (κ1) is 8.88. The van der Waals surface area contributed by atoms with Crippen LogP contribution >= 0.6 is 11.3 Å². The number of methoxy groups -OCH3 is 1. The molecule has 4 heteroatoms. The standard InChI is InChI=1S/C8H10N2OS/c1-5-6-7(11-4)9-8(12-6)10(2)3/h1H,2-4H3. The Morgan fingerprint density at radius 2 is 2.25 bits per heavy atom. The van der Waals surface area contributed by atoms with Gasteiger partial charge in [0.25, 0.3) is 0 Å². The topological polar surface area (TPSA) is 25.4 Å². The monoisotopic (exact) mass is 182 g/mol. The molecule has 0 bridgehead atoms. The van der Waals surface area contributed by atoms with Crippen molar-refractivity contribution in [2.75, 3.05) is 26.1 Å².